The number of halogens is 1. The summed E-state index contributed by atoms with van der Waals surface area (Å²) < 4.78 is 5.73. The van der Waals surface area contributed by atoms with Crippen molar-refractivity contribution in [2.45, 2.75) is 6.10 Å². The molecule has 0 aliphatic carbocycles. The van der Waals surface area contributed by atoms with Crippen LogP contribution in [0.2, 0.25) is 5.02 Å². The van der Waals surface area contributed by atoms with Gasteiger partial charge >= 0.3 is 6.09 Å². The largest absolute Gasteiger partial charge is 0.465 e. The number of carboxylic acid groups (broad SMARTS) is 1. The Labute approximate surface area is 161 Å². The number of H-pyrrole nitrogens is 1. The van der Waals surface area contributed by atoms with Gasteiger partial charge in [0.25, 0.3) is 0 Å². The molecule has 138 valence electrons. The van der Waals surface area contributed by atoms with Gasteiger partial charge in [0.2, 0.25) is 0 Å². The lowest BCUT2D eigenvalue weighted by molar-refractivity contribution is -0.0231. The molecule has 0 saturated carbocycles. The highest BCUT2D eigenvalue weighted by Gasteiger charge is 2.25. The number of carbonyl (C=O) groups is 1. The molecular weight excluding hydrogens is 366 g/mol. The number of aromatic amines is 1. The van der Waals surface area contributed by atoms with Gasteiger partial charge in [-0.1, -0.05) is 48.0 Å². The van der Waals surface area contributed by atoms with Gasteiger partial charge in [0, 0.05) is 17.1 Å². The number of rotatable bonds is 3. The summed E-state index contributed by atoms with van der Waals surface area (Å²) in [4.78, 5) is 12.5. The van der Waals surface area contributed by atoms with E-state index >= 15 is 0 Å². The topological polar surface area (TPSA) is 78.4 Å². The van der Waals surface area contributed by atoms with Crippen molar-refractivity contribution in [1.29, 1.82) is 0 Å². The zero-order valence-electron chi connectivity index (χ0n) is 14.4. The molecule has 2 aromatic carbocycles. The average molecular weight is 384 g/mol. The van der Waals surface area contributed by atoms with Crippen LogP contribution in [0.1, 0.15) is 11.7 Å². The van der Waals surface area contributed by atoms with Crippen LogP contribution in [0.15, 0.2) is 54.6 Å². The Morgan fingerprint density at radius 3 is 2.56 bits per heavy atom. The van der Waals surface area contributed by atoms with E-state index in [0.717, 1.165) is 28.1 Å². The average Bonchev–Trinajstić information content (AvgIpc) is 3.19. The molecule has 2 heterocycles. The quantitative estimate of drug-likeness (QED) is 0.700. The minimum absolute atomic E-state index is 0.240. The second kappa shape index (κ2) is 7.42. The predicted molar refractivity (Wildman–Crippen MR) is 103 cm³/mol. The molecule has 1 fully saturated rings. The molecule has 0 spiro atoms. The lowest BCUT2D eigenvalue weighted by Crippen LogP contribution is -2.41. The number of amides is 1. The third-order valence-electron chi connectivity index (χ3n) is 4.65. The normalized spacial score (nSPS) is 17.1. The van der Waals surface area contributed by atoms with Gasteiger partial charge in [0.05, 0.1) is 24.5 Å². The highest BCUT2D eigenvalue weighted by Crippen LogP contribution is 2.28. The number of morpholine rings is 1. The van der Waals surface area contributed by atoms with E-state index in [2.05, 4.69) is 10.2 Å². The van der Waals surface area contributed by atoms with Gasteiger partial charge in [-0.3, -0.25) is 5.10 Å². The van der Waals surface area contributed by atoms with Gasteiger partial charge in [0.1, 0.15) is 6.10 Å². The van der Waals surface area contributed by atoms with Gasteiger partial charge in [0.15, 0.2) is 0 Å². The van der Waals surface area contributed by atoms with Crippen molar-refractivity contribution in [2.75, 3.05) is 19.7 Å². The Bertz CT molecular complexity index is 938. The predicted octanol–water partition coefficient (Wildman–Crippen LogP) is 4.45. The summed E-state index contributed by atoms with van der Waals surface area (Å²) in [6.45, 7) is 1.16. The van der Waals surface area contributed by atoms with Crippen LogP contribution >= 0.6 is 11.6 Å². The molecule has 1 unspecified atom stereocenters. The van der Waals surface area contributed by atoms with Crippen molar-refractivity contribution in [1.82, 2.24) is 15.1 Å². The van der Waals surface area contributed by atoms with E-state index in [1.807, 2.05) is 54.6 Å². The summed E-state index contributed by atoms with van der Waals surface area (Å²) in [6, 6.07) is 17.4. The van der Waals surface area contributed by atoms with Crippen LogP contribution in [0.5, 0.6) is 0 Å². The maximum atomic E-state index is 11.2. The van der Waals surface area contributed by atoms with Gasteiger partial charge in [-0.25, -0.2) is 4.79 Å². The molecule has 4 rings (SSSR count). The number of benzene rings is 2. The van der Waals surface area contributed by atoms with Crippen molar-refractivity contribution >= 4 is 17.7 Å². The third-order valence-corrected chi connectivity index (χ3v) is 4.90. The number of hydrogen-bond acceptors (Lipinski definition) is 3. The smallest absolute Gasteiger partial charge is 0.407 e. The SMILES string of the molecule is O=C(O)N1CCOC(c2ccc(-c3cc(-c4ccc(Cl)cc4)n[nH]3)cc2)C1. The standard InChI is InChI=1S/C20H18ClN3O3/c21-16-7-5-14(6-8-16)18-11-17(22-23-18)13-1-3-15(4-2-13)19-12-24(20(25)26)9-10-27-19/h1-8,11,19H,9-10,12H2,(H,22,23)(H,25,26). The van der Waals surface area contributed by atoms with Crippen LogP contribution in [0, 0.1) is 0 Å². The van der Waals surface area contributed by atoms with Gasteiger partial charge < -0.3 is 14.7 Å². The number of aromatic nitrogens is 2. The molecule has 0 bridgehead atoms. The zero-order chi connectivity index (χ0) is 18.8. The lowest BCUT2D eigenvalue weighted by atomic mass is 10.0. The Hall–Kier alpha value is -2.83. The van der Waals surface area contributed by atoms with Crippen LogP contribution in [0.4, 0.5) is 4.79 Å². The summed E-state index contributed by atoms with van der Waals surface area (Å²) >= 11 is 5.93. The Morgan fingerprint density at radius 2 is 1.85 bits per heavy atom. The summed E-state index contributed by atoms with van der Waals surface area (Å²) in [6.07, 6.45) is -1.15. The zero-order valence-corrected chi connectivity index (χ0v) is 15.2. The fourth-order valence-electron chi connectivity index (χ4n) is 3.14. The molecule has 1 amide bonds. The van der Waals surface area contributed by atoms with E-state index in [0.29, 0.717) is 24.7 Å². The first kappa shape index (κ1) is 17.6. The van der Waals surface area contributed by atoms with Crippen LogP contribution in [-0.2, 0) is 4.74 Å². The van der Waals surface area contributed by atoms with E-state index < -0.39 is 6.09 Å². The second-order valence-electron chi connectivity index (χ2n) is 6.38. The first-order valence-corrected chi connectivity index (χ1v) is 8.99. The summed E-state index contributed by atoms with van der Waals surface area (Å²) in [5.41, 5.74) is 4.70. The number of ether oxygens (including phenoxy) is 1. The molecule has 27 heavy (non-hydrogen) atoms. The van der Waals surface area contributed by atoms with E-state index in [1.165, 1.54) is 4.90 Å². The monoisotopic (exact) mass is 383 g/mol. The van der Waals surface area contributed by atoms with Crippen molar-refractivity contribution < 1.29 is 14.6 Å². The number of nitrogens with zero attached hydrogens (tertiary/aromatic N) is 2. The van der Waals surface area contributed by atoms with Gasteiger partial charge in [-0.2, -0.15) is 5.10 Å². The first-order valence-electron chi connectivity index (χ1n) is 8.61. The van der Waals surface area contributed by atoms with E-state index in [-0.39, 0.29) is 6.10 Å². The molecule has 3 aromatic rings. The maximum absolute atomic E-state index is 11.2. The molecular formula is C20H18ClN3O3. The van der Waals surface area contributed by atoms with E-state index in [4.69, 9.17) is 21.4 Å². The molecule has 1 aromatic heterocycles. The van der Waals surface area contributed by atoms with E-state index in [9.17, 15) is 4.79 Å². The molecule has 1 atom stereocenters. The molecule has 7 heteroatoms. The molecule has 0 radical (unpaired) electrons. The molecule has 2 N–H and O–H groups in total. The minimum Gasteiger partial charge on any atom is -0.465 e. The number of nitrogens with one attached hydrogen (secondary N) is 1. The van der Waals surface area contributed by atoms with Crippen LogP contribution < -0.4 is 0 Å². The minimum atomic E-state index is -0.910. The van der Waals surface area contributed by atoms with Crippen molar-refractivity contribution in [2.24, 2.45) is 0 Å². The van der Waals surface area contributed by atoms with E-state index in [1.54, 1.807) is 0 Å². The maximum Gasteiger partial charge on any atom is 0.407 e. The van der Waals surface area contributed by atoms with Crippen LogP contribution in [0.25, 0.3) is 22.5 Å². The highest BCUT2D eigenvalue weighted by molar-refractivity contribution is 6.30. The first-order chi connectivity index (χ1) is 13.1. The number of hydrogen-bond donors (Lipinski definition) is 2. The van der Waals surface area contributed by atoms with Crippen LogP contribution in [0.3, 0.4) is 0 Å². The molecule has 1 aliphatic rings. The van der Waals surface area contributed by atoms with Gasteiger partial charge in [-0.05, 0) is 29.3 Å². The summed E-state index contributed by atoms with van der Waals surface area (Å²) in [5.74, 6) is 0. The van der Waals surface area contributed by atoms with Crippen LogP contribution in [-0.4, -0.2) is 46.0 Å². The second-order valence-corrected chi connectivity index (χ2v) is 6.82. The lowest BCUT2D eigenvalue weighted by Gasteiger charge is -2.31. The Balaban J connectivity index is 1.51. The highest BCUT2D eigenvalue weighted by atomic mass is 35.5. The molecule has 1 saturated heterocycles. The van der Waals surface area contributed by atoms with Crippen molar-refractivity contribution in [3.63, 3.8) is 0 Å². The van der Waals surface area contributed by atoms with Crippen molar-refractivity contribution in [3.8, 4) is 22.5 Å². The third kappa shape index (κ3) is 3.82. The van der Waals surface area contributed by atoms with Gasteiger partial charge in [-0.15, -0.1) is 0 Å². The fourth-order valence-corrected chi connectivity index (χ4v) is 3.27. The fraction of sp³-hybridized carbons (Fsp3) is 0.200. The summed E-state index contributed by atoms with van der Waals surface area (Å²) in [7, 11) is 0. The molecule has 1 aliphatic heterocycles. The molecule has 6 nitrogen and oxygen atoms in total. The Morgan fingerprint density at radius 1 is 1.15 bits per heavy atom. The summed E-state index contributed by atoms with van der Waals surface area (Å²) in [5, 5.41) is 17.3. The Kier molecular flexibility index (Phi) is 4.83. The van der Waals surface area contributed by atoms with Crippen molar-refractivity contribution in [3.05, 3.63) is 65.2 Å².